The summed E-state index contributed by atoms with van der Waals surface area (Å²) in [4.78, 5) is 0. The predicted octanol–water partition coefficient (Wildman–Crippen LogP) is 0.404. The minimum absolute atomic E-state index is 0.130. The van der Waals surface area contributed by atoms with Crippen LogP contribution in [-0.2, 0) is 0 Å². The Labute approximate surface area is 100 Å². The molecule has 0 spiro atoms. The van der Waals surface area contributed by atoms with Crippen molar-refractivity contribution in [3.63, 3.8) is 0 Å². The fourth-order valence-electron chi connectivity index (χ4n) is 1.94. The summed E-state index contributed by atoms with van der Waals surface area (Å²) in [5, 5.41) is 31.3. The van der Waals surface area contributed by atoms with Crippen molar-refractivity contribution in [2.24, 2.45) is 0 Å². The van der Waals surface area contributed by atoms with Crippen LogP contribution in [0.25, 0.3) is 6.08 Å². The lowest BCUT2D eigenvalue weighted by molar-refractivity contribution is -0.0673. The van der Waals surface area contributed by atoms with E-state index >= 15 is 0 Å². The Bertz CT molecular complexity index is 417. The maximum absolute atomic E-state index is 9.72. The highest BCUT2D eigenvalue weighted by Crippen LogP contribution is 2.28. The normalized spacial score (nSPS) is 23.2. The maximum Gasteiger partial charge on any atom is 0.134 e. The van der Waals surface area contributed by atoms with Crippen LogP contribution in [-0.4, -0.2) is 33.8 Å². The molecule has 0 aromatic heterocycles. The third kappa shape index (κ3) is 2.56. The highest BCUT2D eigenvalue weighted by molar-refractivity contribution is 5.61. The zero-order valence-electron chi connectivity index (χ0n) is 9.62. The second kappa shape index (κ2) is 4.98. The van der Waals surface area contributed by atoms with Crippen LogP contribution in [0.4, 0.5) is 0 Å². The van der Waals surface area contributed by atoms with E-state index in [4.69, 9.17) is 0 Å². The molecule has 0 amide bonds. The summed E-state index contributed by atoms with van der Waals surface area (Å²) < 4.78 is 0. The Kier molecular flexibility index (Phi) is 3.59. The van der Waals surface area contributed by atoms with E-state index in [1.807, 2.05) is 36.4 Å². The van der Waals surface area contributed by atoms with Gasteiger partial charge in [-0.2, -0.15) is 0 Å². The lowest BCUT2D eigenvalue weighted by atomic mass is 10.1. The van der Waals surface area contributed by atoms with Gasteiger partial charge in [0.05, 0.1) is 12.1 Å². The van der Waals surface area contributed by atoms with Gasteiger partial charge in [-0.3, -0.25) is 5.32 Å². The topological polar surface area (TPSA) is 72.7 Å². The molecule has 4 N–H and O–H groups in total. The second-order valence-electron chi connectivity index (χ2n) is 4.31. The van der Waals surface area contributed by atoms with Crippen molar-refractivity contribution in [3.05, 3.63) is 41.5 Å². The van der Waals surface area contributed by atoms with Crippen LogP contribution in [0.2, 0.25) is 0 Å². The standard InChI is InChI=1S/C13H17NO3/c1-8(15)12(16)13(17)14-11-7-6-9-4-2-3-5-10(9)11/h2-8,11-17H,1H3. The summed E-state index contributed by atoms with van der Waals surface area (Å²) in [5.74, 6) is 0. The molecular formula is C13H17NO3. The van der Waals surface area contributed by atoms with Crippen molar-refractivity contribution < 1.29 is 15.3 Å². The van der Waals surface area contributed by atoms with Crippen LogP contribution in [0.15, 0.2) is 30.3 Å². The largest absolute Gasteiger partial charge is 0.391 e. The fourth-order valence-corrected chi connectivity index (χ4v) is 1.94. The molecule has 0 radical (unpaired) electrons. The molecule has 0 aliphatic heterocycles. The van der Waals surface area contributed by atoms with Gasteiger partial charge in [-0.1, -0.05) is 36.4 Å². The van der Waals surface area contributed by atoms with E-state index in [-0.39, 0.29) is 6.04 Å². The first kappa shape index (κ1) is 12.3. The monoisotopic (exact) mass is 235 g/mol. The average molecular weight is 235 g/mol. The van der Waals surface area contributed by atoms with Gasteiger partial charge in [0, 0.05) is 0 Å². The van der Waals surface area contributed by atoms with E-state index in [9.17, 15) is 15.3 Å². The zero-order valence-corrected chi connectivity index (χ0v) is 9.62. The third-order valence-electron chi connectivity index (χ3n) is 2.97. The van der Waals surface area contributed by atoms with Crippen LogP contribution in [0.1, 0.15) is 24.1 Å². The van der Waals surface area contributed by atoms with E-state index in [0.29, 0.717) is 0 Å². The van der Waals surface area contributed by atoms with Gasteiger partial charge in [0.1, 0.15) is 12.3 Å². The van der Waals surface area contributed by atoms with Gasteiger partial charge < -0.3 is 15.3 Å². The van der Waals surface area contributed by atoms with Crippen molar-refractivity contribution in [3.8, 4) is 0 Å². The summed E-state index contributed by atoms with van der Waals surface area (Å²) in [6.45, 7) is 1.44. The van der Waals surface area contributed by atoms with E-state index < -0.39 is 18.4 Å². The lowest BCUT2D eigenvalue weighted by Crippen LogP contribution is -2.46. The van der Waals surface area contributed by atoms with Crippen molar-refractivity contribution >= 4 is 6.08 Å². The summed E-state index contributed by atoms with van der Waals surface area (Å²) in [7, 11) is 0. The summed E-state index contributed by atoms with van der Waals surface area (Å²) in [6, 6.07) is 7.71. The van der Waals surface area contributed by atoms with Crippen LogP contribution in [0, 0.1) is 0 Å². The van der Waals surface area contributed by atoms with Crippen molar-refractivity contribution in [2.75, 3.05) is 0 Å². The zero-order chi connectivity index (χ0) is 12.4. The van der Waals surface area contributed by atoms with Gasteiger partial charge in [0.15, 0.2) is 0 Å². The molecule has 1 aromatic rings. The molecular weight excluding hydrogens is 218 g/mol. The molecule has 4 heteroatoms. The molecule has 2 rings (SSSR count). The number of hydrogen-bond donors (Lipinski definition) is 4. The van der Waals surface area contributed by atoms with Crippen LogP contribution < -0.4 is 5.32 Å². The molecule has 0 fully saturated rings. The number of benzene rings is 1. The number of rotatable bonds is 4. The van der Waals surface area contributed by atoms with Gasteiger partial charge in [-0.05, 0) is 18.1 Å². The van der Waals surface area contributed by atoms with Crippen LogP contribution >= 0.6 is 0 Å². The quantitative estimate of drug-likeness (QED) is 0.570. The molecule has 4 atom stereocenters. The van der Waals surface area contributed by atoms with Gasteiger partial charge >= 0.3 is 0 Å². The number of aliphatic hydroxyl groups excluding tert-OH is 3. The molecule has 17 heavy (non-hydrogen) atoms. The predicted molar refractivity (Wildman–Crippen MR) is 65.0 cm³/mol. The first-order chi connectivity index (χ1) is 8.09. The molecule has 4 nitrogen and oxygen atoms in total. The Balaban J connectivity index is 2.05. The van der Waals surface area contributed by atoms with E-state index in [1.54, 1.807) is 0 Å². The highest BCUT2D eigenvalue weighted by atomic mass is 16.4. The molecule has 1 aliphatic rings. The molecule has 1 aliphatic carbocycles. The minimum atomic E-state index is -1.20. The smallest absolute Gasteiger partial charge is 0.134 e. The Morgan fingerprint density at radius 1 is 1.18 bits per heavy atom. The average Bonchev–Trinajstić information content (AvgIpc) is 2.71. The molecule has 0 bridgehead atoms. The summed E-state index contributed by atoms with van der Waals surface area (Å²) >= 11 is 0. The highest BCUT2D eigenvalue weighted by Gasteiger charge is 2.25. The summed E-state index contributed by atoms with van der Waals surface area (Å²) in [6.07, 6.45) is 0.557. The molecule has 1 aromatic carbocycles. The van der Waals surface area contributed by atoms with Gasteiger partial charge in [-0.15, -0.1) is 0 Å². The number of hydrogen-bond acceptors (Lipinski definition) is 4. The van der Waals surface area contributed by atoms with Crippen LogP contribution in [0.3, 0.4) is 0 Å². The Morgan fingerprint density at radius 3 is 2.59 bits per heavy atom. The van der Waals surface area contributed by atoms with Crippen LogP contribution in [0.5, 0.6) is 0 Å². The Morgan fingerprint density at radius 2 is 1.88 bits per heavy atom. The van der Waals surface area contributed by atoms with Gasteiger partial charge in [0.25, 0.3) is 0 Å². The molecule has 0 heterocycles. The van der Waals surface area contributed by atoms with Crippen molar-refractivity contribution in [2.45, 2.75) is 31.4 Å². The first-order valence-corrected chi connectivity index (χ1v) is 5.67. The molecule has 0 saturated heterocycles. The molecule has 4 unspecified atom stereocenters. The third-order valence-corrected chi connectivity index (χ3v) is 2.97. The number of nitrogens with one attached hydrogen (secondary N) is 1. The van der Waals surface area contributed by atoms with Crippen molar-refractivity contribution in [1.82, 2.24) is 5.32 Å². The number of aliphatic hydroxyl groups is 3. The fraction of sp³-hybridized carbons (Fsp3) is 0.385. The number of fused-ring (bicyclic) bond motifs is 1. The van der Waals surface area contributed by atoms with E-state index in [0.717, 1.165) is 11.1 Å². The Hall–Kier alpha value is -1.20. The van der Waals surface area contributed by atoms with Crippen molar-refractivity contribution in [1.29, 1.82) is 0 Å². The van der Waals surface area contributed by atoms with Gasteiger partial charge in [0.2, 0.25) is 0 Å². The van der Waals surface area contributed by atoms with E-state index in [1.165, 1.54) is 6.92 Å². The minimum Gasteiger partial charge on any atom is -0.391 e. The van der Waals surface area contributed by atoms with E-state index in [2.05, 4.69) is 5.32 Å². The molecule has 92 valence electrons. The second-order valence-corrected chi connectivity index (χ2v) is 4.31. The summed E-state index contributed by atoms with van der Waals surface area (Å²) in [5.41, 5.74) is 2.16. The first-order valence-electron chi connectivity index (χ1n) is 5.67. The lowest BCUT2D eigenvalue weighted by Gasteiger charge is -2.24. The van der Waals surface area contributed by atoms with Gasteiger partial charge in [-0.25, -0.2) is 0 Å². The molecule has 0 saturated carbocycles. The maximum atomic E-state index is 9.72. The SMILES string of the molecule is CC(O)C(O)C(O)NC1C=Cc2ccccc21.